The molecule has 3 nitrogen and oxygen atoms in total. The summed E-state index contributed by atoms with van der Waals surface area (Å²) in [4.78, 5) is 15.9. The molecule has 0 amide bonds. The fourth-order valence-corrected chi connectivity index (χ4v) is 2.00. The molecular formula is C15H12F3NO2. The highest BCUT2D eigenvalue weighted by Crippen LogP contribution is 2.32. The summed E-state index contributed by atoms with van der Waals surface area (Å²) in [6.07, 6.45) is -2.65. The first-order valence-electron chi connectivity index (χ1n) is 6.05. The molecule has 0 saturated heterocycles. The summed E-state index contributed by atoms with van der Waals surface area (Å²) >= 11 is 0. The van der Waals surface area contributed by atoms with E-state index in [4.69, 9.17) is 4.74 Å². The van der Waals surface area contributed by atoms with Crippen LogP contribution >= 0.6 is 0 Å². The van der Waals surface area contributed by atoms with Crippen LogP contribution in [0, 0.1) is 6.92 Å². The van der Waals surface area contributed by atoms with Crippen molar-refractivity contribution in [3.8, 4) is 5.75 Å². The second-order valence-electron chi connectivity index (χ2n) is 4.43. The second kappa shape index (κ2) is 5.55. The molecule has 21 heavy (non-hydrogen) atoms. The number of hydrogen-bond acceptors (Lipinski definition) is 3. The third-order valence-electron chi connectivity index (χ3n) is 3.03. The van der Waals surface area contributed by atoms with Gasteiger partial charge < -0.3 is 4.74 Å². The Morgan fingerprint density at radius 3 is 2.52 bits per heavy atom. The molecule has 0 fully saturated rings. The van der Waals surface area contributed by atoms with Gasteiger partial charge >= 0.3 is 6.18 Å². The van der Waals surface area contributed by atoms with E-state index < -0.39 is 23.1 Å². The second-order valence-corrected chi connectivity index (χ2v) is 4.43. The van der Waals surface area contributed by atoms with E-state index in [0.717, 1.165) is 18.5 Å². The van der Waals surface area contributed by atoms with Crippen LogP contribution < -0.4 is 4.74 Å². The largest absolute Gasteiger partial charge is 0.496 e. The van der Waals surface area contributed by atoms with Gasteiger partial charge in [0.05, 0.1) is 18.2 Å². The van der Waals surface area contributed by atoms with Gasteiger partial charge in [0.1, 0.15) is 5.75 Å². The normalized spacial score (nSPS) is 11.3. The summed E-state index contributed by atoms with van der Waals surface area (Å²) in [5, 5.41) is 0. The van der Waals surface area contributed by atoms with Crippen molar-refractivity contribution in [2.45, 2.75) is 13.1 Å². The van der Waals surface area contributed by atoms with Crippen LogP contribution in [0.5, 0.6) is 5.75 Å². The topological polar surface area (TPSA) is 39.2 Å². The molecule has 0 N–H and O–H groups in total. The van der Waals surface area contributed by atoms with Gasteiger partial charge in [0.15, 0.2) is 5.78 Å². The lowest BCUT2D eigenvalue weighted by molar-refractivity contribution is -0.137. The minimum Gasteiger partial charge on any atom is -0.496 e. The van der Waals surface area contributed by atoms with E-state index >= 15 is 0 Å². The molecular weight excluding hydrogens is 283 g/mol. The molecule has 110 valence electrons. The van der Waals surface area contributed by atoms with Gasteiger partial charge in [-0.1, -0.05) is 0 Å². The number of aromatic nitrogens is 1. The first-order chi connectivity index (χ1) is 9.84. The number of methoxy groups -OCH3 is 1. The van der Waals surface area contributed by atoms with Gasteiger partial charge in [-0.3, -0.25) is 9.78 Å². The number of benzene rings is 1. The summed E-state index contributed by atoms with van der Waals surface area (Å²) < 4.78 is 43.8. The van der Waals surface area contributed by atoms with E-state index in [2.05, 4.69) is 4.98 Å². The van der Waals surface area contributed by atoms with Crippen molar-refractivity contribution in [1.82, 2.24) is 4.98 Å². The van der Waals surface area contributed by atoms with Crippen molar-refractivity contribution in [3.63, 3.8) is 0 Å². The Hall–Kier alpha value is -2.37. The zero-order chi connectivity index (χ0) is 15.6. The quantitative estimate of drug-likeness (QED) is 0.811. The Labute approximate surface area is 119 Å². The van der Waals surface area contributed by atoms with Crippen molar-refractivity contribution in [2.75, 3.05) is 7.11 Å². The van der Waals surface area contributed by atoms with Crippen molar-refractivity contribution in [1.29, 1.82) is 0 Å². The van der Waals surface area contributed by atoms with Crippen LogP contribution in [0.1, 0.15) is 27.0 Å². The minimum absolute atomic E-state index is 0.159. The lowest BCUT2D eigenvalue weighted by atomic mass is 9.98. The van der Waals surface area contributed by atoms with E-state index in [1.165, 1.54) is 19.2 Å². The summed E-state index contributed by atoms with van der Waals surface area (Å²) in [5.74, 6) is -0.157. The Kier molecular flexibility index (Phi) is 3.97. The maximum atomic E-state index is 12.9. The number of ketones is 1. The first-order valence-corrected chi connectivity index (χ1v) is 6.05. The molecule has 1 heterocycles. The number of hydrogen-bond donors (Lipinski definition) is 0. The summed E-state index contributed by atoms with van der Waals surface area (Å²) in [6, 6.07) is 5.27. The molecule has 2 aromatic rings. The number of pyridine rings is 1. The van der Waals surface area contributed by atoms with E-state index in [1.54, 1.807) is 13.0 Å². The Morgan fingerprint density at radius 1 is 1.24 bits per heavy atom. The number of carbonyl (C=O) groups excluding carboxylic acids is 1. The molecule has 6 heteroatoms. The summed E-state index contributed by atoms with van der Waals surface area (Å²) in [5.41, 5.74) is -0.627. The highest BCUT2D eigenvalue weighted by molar-refractivity contribution is 6.10. The predicted octanol–water partition coefficient (Wildman–Crippen LogP) is 3.65. The van der Waals surface area contributed by atoms with Crippen molar-refractivity contribution in [3.05, 3.63) is 58.9 Å². The lowest BCUT2D eigenvalue weighted by Gasteiger charge is -2.12. The molecule has 0 spiro atoms. The van der Waals surface area contributed by atoms with E-state index in [-0.39, 0.29) is 5.56 Å². The third-order valence-corrected chi connectivity index (χ3v) is 3.03. The fraction of sp³-hybridized carbons (Fsp3) is 0.200. The molecule has 0 unspecified atom stereocenters. The summed E-state index contributed by atoms with van der Waals surface area (Å²) in [6.45, 7) is 1.71. The molecule has 0 aliphatic carbocycles. The van der Waals surface area contributed by atoms with Crippen LogP contribution in [0.25, 0.3) is 0 Å². The van der Waals surface area contributed by atoms with E-state index in [9.17, 15) is 18.0 Å². The number of carbonyl (C=O) groups is 1. The minimum atomic E-state index is -4.60. The maximum Gasteiger partial charge on any atom is 0.417 e. The van der Waals surface area contributed by atoms with Gasteiger partial charge in [0.2, 0.25) is 0 Å². The Bertz CT molecular complexity index is 681. The average Bonchev–Trinajstić information content (AvgIpc) is 2.45. The molecule has 1 aromatic heterocycles. The molecule has 0 aliphatic rings. The number of ether oxygens (including phenoxy) is 1. The van der Waals surface area contributed by atoms with Crippen molar-refractivity contribution in [2.24, 2.45) is 0 Å². The van der Waals surface area contributed by atoms with Gasteiger partial charge in [-0.25, -0.2) is 0 Å². The fourth-order valence-electron chi connectivity index (χ4n) is 2.00. The van der Waals surface area contributed by atoms with Gasteiger partial charge in [0.25, 0.3) is 0 Å². The lowest BCUT2D eigenvalue weighted by Crippen LogP contribution is -2.14. The number of aryl methyl sites for hydroxylation is 1. The van der Waals surface area contributed by atoms with Gasteiger partial charge in [-0.05, 0) is 36.8 Å². The first kappa shape index (κ1) is 15.0. The smallest absolute Gasteiger partial charge is 0.417 e. The Morgan fingerprint density at radius 2 is 1.95 bits per heavy atom. The number of halogens is 3. The van der Waals surface area contributed by atoms with Crippen LogP contribution in [0.2, 0.25) is 0 Å². The molecule has 0 saturated carbocycles. The molecule has 0 atom stereocenters. The number of nitrogens with zero attached hydrogens (tertiary/aromatic N) is 1. The van der Waals surface area contributed by atoms with Gasteiger partial charge in [-0.2, -0.15) is 13.2 Å². The van der Waals surface area contributed by atoms with E-state index in [0.29, 0.717) is 11.3 Å². The number of rotatable bonds is 3. The zero-order valence-electron chi connectivity index (χ0n) is 11.4. The number of alkyl halides is 3. The van der Waals surface area contributed by atoms with E-state index in [1.807, 2.05) is 0 Å². The van der Waals surface area contributed by atoms with Crippen LogP contribution in [0.4, 0.5) is 13.2 Å². The molecule has 1 aromatic carbocycles. The van der Waals surface area contributed by atoms with Gasteiger partial charge in [-0.15, -0.1) is 0 Å². The third kappa shape index (κ3) is 3.04. The van der Waals surface area contributed by atoms with Crippen molar-refractivity contribution >= 4 is 5.78 Å². The molecule has 0 radical (unpaired) electrons. The molecule has 2 rings (SSSR count). The zero-order valence-corrected chi connectivity index (χ0v) is 11.4. The van der Waals surface area contributed by atoms with Crippen LogP contribution in [-0.2, 0) is 6.18 Å². The molecule has 0 aliphatic heterocycles. The SMILES string of the molecule is COc1ccc(C(=O)c2cnccc2C(F)(F)F)cc1C. The highest BCUT2D eigenvalue weighted by atomic mass is 19.4. The average molecular weight is 295 g/mol. The molecule has 0 bridgehead atoms. The van der Waals surface area contributed by atoms with Crippen molar-refractivity contribution < 1.29 is 22.7 Å². The standard InChI is InChI=1S/C15H12F3NO2/c1-9-7-10(3-4-13(9)21-2)14(20)11-8-19-6-5-12(11)15(16,17)18/h3-8H,1-2H3. The van der Waals surface area contributed by atoms with Gasteiger partial charge in [0, 0.05) is 18.0 Å². The monoisotopic (exact) mass is 295 g/mol. The summed E-state index contributed by atoms with van der Waals surface area (Å²) in [7, 11) is 1.48. The van der Waals surface area contributed by atoms with Crippen LogP contribution in [0.15, 0.2) is 36.7 Å². The van der Waals surface area contributed by atoms with Crippen LogP contribution in [-0.4, -0.2) is 17.9 Å². The highest BCUT2D eigenvalue weighted by Gasteiger charge is 2.35. The predicted molar refractivity (Wildman–Crippen MR) is 70.4 cm³/mol. The maximum absolute atomic E-state index is 12.9. The van der Waals surface area contributed by atoms with Crippen LogP contribution in [0.3, 0.4) is 0 Å². The Balaban J connectivity index is 2.48.